The SMILES string of the molecule is O=CCCOCCOCCc1ccccc1. The van der Waals surface area contributed by atoms with Gasteiger partial charge in [0.2, 0.25) is 0 Å². The van der Waals surface area contributed by atoms with Crippen LogP contribution in [0.5, 0.6) is 0 Å². The van der Waals surface area contributed by atoms with Crippen LogP contribution in [-0.4, -0.2) is 32.7 Å². The Balaban J connectivity index is 1.90. The highest BCUT2D eigenvalue weighted by molar-refractivity contribution is 5.49. The third-order valence-corrected chi connectivity index (χ3v) is 2.13. The second kappa shape index (κ2) is 9.07. The number of hydrogen-bond donors (Lipinski definition) is 0. The Bertz CT molecular complexity index is 272. The van der Waals surface area contributed by atoms with Gasteiger partial charge < -0.3 is 14.3 Å². The van der Waals surface area contributed by atoms with Crippen LogP contribution in [-0.2, 0) is 20.7 Å². The van der Waals surface area contributed by atoms with Crippen LogP contribution in [0, 0.1) is 0 Å². The topological polar surface area (TPSA) is 35.5 Å². The molecule has 88 valence electrons. The minimum atomic E-state index is 0.462. The van der Waals surface area contributed by atoms with E-state index in [0.29, 0.717) is 32.8 Å². The summed E-state index contributed by atoms with van der Waals surface area (Å²) < 4.78 is 10.6. The molecule has 0 atom stereocenters. The maximum absolute atomic E-state index is 9.99. The molecule has 0 saturated heterocycles. The summed E-state index contributed by atoms with van der Waals surface area (Å²) in [6.07, 6.45) is 2.25. The standard InChI is InChI=1S/C13H18O3/c14-8-4-9-15-11-12-16-10-7-13-5-2-1-3-6-13/h1-3,5-6,8H,4,7,9-12H2. The fourth-order valence-electron chi connectivity index (χ4n) is 1.29. The zero-order chi connectivity index (χ0) is 11.5. The Morgan fingerprint density at radius 3 is 2.31 bits per heavy atom. The lowest BCUT2D eigenvalue weighted by Gasteiger charge is -2.04. The van der Waals surface area contributed by atoms with Crippen LogP contribution in [0.1, 0.15) is 12.0 Å². The van der Waals surface area contributed by atoms with E-state index in [9.17, 15) is 4.79 Å². The summed E-state index contributed by atoms with van der Waals surface area (Å²) in [5.41, 5.74) is 1.28. The average molecular weight is 222 g/mol. The van der Waals surface area contributed by atoms with E-state index in [-0.39, 0.29) is 0 Å². The lowest BCUT2D eigenvalue weighted by atomic mass is 10.2. The van der Waals surface area contributed by atoms with Gasteiger partial charge in [-0.25, -0.2) is 0 Å². The van der Waals surface area contributed by atoms with Gasteiger partial charge in [0.15, 0.2) is 0 Å². The minimum absolute atomic E-state index is 0.462. The number of hydrogen-bond acceptors (Lipinski definition) is 3. The summed E-state index contributed by atoms with van der Waals surface area (Å²) in [5.74, 6) is 0. The van der Waals surface area contributed by atoms with Crippen molar-refractivity contribution < 1.29 is 14.3 Å². The van der Waals surface area contributed by atoms with Crippen LogP contribution in [0.3, 0.4) is 0 Å². The van der Waals surface area contributed by atoms with Crippen molar-refractivity contribution in [1.29, 1.82) is 0 Å². The summed E-state index contributed by atoms with van der Waals surface area (Å²) in [7, 11) is 0. The summed E-state index contributed by atoms with van der Waals surface area (Å²) in [6, 6.07) is 10.2. The quantitative estimate of drug-likeness (QED) is 0.472. The van der Waals surface area contributed by atoms with Crippen LogP contribution < -0.4 is 0 Å². The molecule has 0 bridgehead atoms. The highest BCUT2D eigenvalue weighted by Crippen LogP contribution is 1.99. The lowest BCUT2D eigenvalue weighted by Crippen LogP contribution is -2.07. The monoisotopic (exact) mass is 222 g/mol. The van der Waals surface area contributed by atoms with E-state index in [1.165, 1.54) is 5.56 Å². The summed E-state index contributed by atoms with van der Waals surface area (Å²) in [5, 5.41) is 0. The average Bonchev–Trinajstić information content (AvgIpc) is 2.34. The molecule has 1 aromatic carbocycles. The molecule has 0 aliphatic heterocycles. The third kappa shape index (κ3) is 6.32. The van der Waals surface area contributed by atoms with Gasteiger partial charge in [-0.05, 0) is 12.0 Å². The van der Waals surface area contributed by atoms with Gasteiger partial charge in [-0.15, -0.1) is 0 Å². The Labute approximate surface area is 96.4 Å². The van der Waals surface area contributed by atoms with Gasteiger partial charge in [0.25, 0.3) is 0 Å². The molecule has 0 aliphatic carbocycles. The molecule has 3 heteroatoms. The second-order valence-corrected chi connectivity index (χ2v) is 3.42. The molecule has 3 nitrogen and oxygen atoms in total. The zero-order valence-corrected chi connectivity index (χ0v) is 9.43. The number of ether oxygens (including phenoxy) is 2. The molecule has 0 heterocycles. The maximum atomic E-state index is 9.99. The van der Waals surface area contributed by atoms with Gasteiger partial charge in [0, 0.05) is 6.42 Å². The molecular formula is C13H18O3. The van der Waals surface area contributed by atoms with E-state index in [1.54, 1.807) is 0 Å². The van der Waals surface area contributed by atoms with Crippen LogP contribution in [0.25, 0.3) is 0 Å². The number of rotatable bonds is 9. The first-order valence-electron chi connectivity index (χ1n) is 5.56. The molecule has 0 aromatic heterocycles. The van der Waals surface area contributed by atoms with E-state index < -0.39 is 0 Å². The minimum Gasteiger partial charge on any atom is -0.379 e. The third-order valence-electron chi connectivity index (χ3n) is 2.13. The Hall–Kier alpha value is -1.19. The summed E-state index contributed by atoms with van der Waals surface area (Å²) in [6.45, 7) is 2.35. The highest BCUT2D eigenvalue weighted by atomic mass is 16.5. The number of carbonyl (C=O) groups excluding carboxylic acids is 1. The molecule has 0 N–H and O–H groups in total. The second-order valence-electron chi connectivity index (χ2n) is 3.42. The predicted molar refractivity (Wildman–Crippen MR) is 62.5 cm³/mol. The van der Waals surface area contributed by atoms with Crippen molar-refractivity contribution in [2.24, 2.45) is 0 Å². The van der Waals surface area contributed by atoms with E-state index in [2.05, 4.69) is 12.1 Å². The normalized spacial score (nSPS) is 10.2. The number of aldehydes is 1. The van der Waals surface area contributed by atoms with E-state index in [0.717, 1.165) is 12.7 Å². The van der Waals surface area contributed by atoms with Gasteiger partial charge >= 0.3 is 0 Å². The van der Waals surface area contributed by atoms with Gasteiger partial charge in [0.05, 0.1) is 26.4 Å². The summed E-state index contributed by atoms with van der Waals surface area (Å²) >= 11 is 0. The van der Waals surface area contributed by atoms with Crippen LogP contribution in [0.2, 0.25) is 0 Å². The number of benzene rings is 1. The number of carbonyl (C=O) groups is 1. The van der Waals surface area contributed by atoms with Gasteiger partial charge in [-0.1, -0.05) is 30.3 Å². The molecule has 0 aliphatic rings. The molecule has 0 unspecified atom stereocenters. The lowest BCUT2D eigenvalue weighted by molar-refractivity contribution is -0.108. The first-order chi connectivity index (χ1) is 7.93. The zero-order valence-electron chi connectivity index (χ0n) is 9.43. The smallest absolute Gasteiger partial charge is 0.122 e. The van der Waals surface area contributed by atoms with E-state index >= 15 is 0 Å². The molecule has 0 radical (unpaired) electrons. The Morgan fingerprint density at radius 1 is 0.938 bits per heavy atom. The van der Waals surface area contributed by atoms with Crippen molar-refractivity contribution in [3.8, 4) is 0 Å². The largest absolute Gasteiger partial charge is 0.379 e. The van der Waals surface area contributed by atoms with Crippen molar-refractivity contribution in [3.05, 3.63) is 35.9 Å². The fraction of sp³-hybridized carbons (Fsp3) is 0.462. The Morgan fingerprint density at radius 2 is 1.62 bits per heavy atom. The van der Waals surface area contributed by atoms with E-state index in [4.69, 9.17) is 9.47 Å². The molecule has 0 saturated carbocycles. The Kier molecular flexibility index (Phi) is 7.30. The van der Waals surface area contributed by atoms with Crippen LogP contribution in [0.15, 0.2) is 30.3 Å². The highest BCUT2D eigenvalue weighted by Gasteiger charge is 1.92. The van der Waals surface area contributed by atoms with Crippen molar-refractivity contribution in [3.63, 3.8) is 0 Å². The molecule has 0 spiro atoms. The van der Waals surface area contributed by atoms with Crippen molar-refractivity contribution in [2.75, 3.05) is 26.4 Å². The van der Waals surface area contributed by atoms with Crippen molar-refractivity contribution >= 4 is 6.29 Å². The molecule has 1 rings (SSSR count). The first-order valence-corrected chi connectivity index (χ1v) is 5.56. The van der Waals surface area contributed by atoms with Crippen LogP contribution in [0.4, 0.5) is 0 Å². The molecule has 0 amide bonds. The van der Waals surface area contributed by atoms with Gasteiger partial charge in [0.1, 0.15) is 6.29 Å². The first kappa shape index (κ1) is 12.9. The molecule has 1 aromatic rings. The van der Waals surface area contributed by atoms with E-state index in [1.807, 2.05) is 18.2 Å². The molecule has 16 heavy (non-hydrogen) atoms. The van der Waals surface area contributed by atoms with Crippen molar-refractivity contribution in [1.82, 2.24) is 0 Å². The maximum Gasteiger partial charge on any atom is 0.122 e. The van der Waals surface area contributed by atoms with Gasteiger partial charge in [-0.3, -0.25) is 0 Å². The van der Waals surface area contributed by atoms with Crippen molar-refractivity contribution in [2.45, 2.75) is 12.8 Å². The molecule has 0 fully saturated rings. The summed E-state index contributed by atoms with van der Waals surface area (Å²) in [4.78, 5) is 9.99. The van der Waals surface area contributed by atoms with Gasteiger partial charge in [-0.2, -0.15) is 0 Å². The predicted octanol–water partition coefficient (Wildman–Crippen LogP) is 1.85. The fourth-order valence-corrected chi connectivity index (χ4v) is 1.29. The van der Waals surface area contributed by atoms with Crippen LogP contribution >= 0.6 is 0 Å². The molecular weight excluding hydrogens is 204 g/mol.